The molecular weight excluding hydrogens is 266 g/mol. The summed E-state index contributed by atoms with van der Waals surface area (Å²) in [6, 6.07) is 7.39. The van der Waals surface area contributed by atoms with Crippen molar-refractivity contribution in [1.82, 2.24) is 14.8 Å². The van der Waals surface area contributed by atoms with Gasteiger partial charge in [-0.3, -0.25) is 4.79 Å². The lowest BCUT2D eigenvalue weighted by Gasteiger charge is -2.15. The van der Waals surface area contributed by atoms with Crippen molar-refractivity contribution in [3.05, 3.63) is 30.6 Å². The lowest BCUT2D eigenvalue weighted by atomic mass is 10.0. The van der Waals surface area contributed by atoms with Crippen molar-refractivity contribution in [3.8, 4) is 11.4 Å². The number of anilines is 1. The molecule has 0 radical (unpaired) electrons. The van der Waals surface area contributed by atoms with E-state index in [1.54, 1.807) is 6.33 Å². The third-order valence-corrected chi connectivity index (χ3v) is 3.55. The van der Waals surface area contributed by atoms with E-state index in [9.17, 15) is 4.79 Å². The summed E-state index contributed by atoms with van der Waals surface area (Å²) in [5.74, 6) is 0.459. The molecule has 3 N–H and O–H groups in total. The van der Waals surface area contributed by atoms with Gasteiger partial charge in [0.15, 0.2) is 5.82 Å². The zero-order valence-corrected chi connectivity index (χ0v) is 12.6. The molecule has 2 atom stereocenters. The van der Waals surface area contributed by atoms with Gasteiger partial charge in [-0.25, -0.2) is 0 Å². The molecule has 0 spiro atoms. The highest BCUT2D eigenvalue weighted by atomic mass is 16.1. The maximum atomic E-state index is 12.1. The van der Waals surface area contributed by atoms with E-state index in [0.29, 0.717) is 0 Å². The SMILES string of the molecule is CCn1cnnc1-c1cccc(NC(=O)C(C)C(C)N)c1. The zero-order chi connectivity index (χ0) is 15.4. The van der Waals surface area contributed by atoms with Gasteiger partial charge in [-0.15, -0.1) is 10.2 Å². The first-order valence-electron chi connectivity index (χ1n) is 7.07. The summed E-state index contributed by atoms with van der Waals surface area (Å²) in [5, 5.41) is 10.9. The van der Waals surface area contributed by atoms with Crippen LogP contribution in [0, 0.1) is 5.92 Å². The molecule has 6 nitrogen and oxygen atoms in total. The Morgan fingerprint density at radius 1 is 1.43 bits per heavy atom. The van der Waals surface area contributed by atoms with Crippen LogP contribution in [0.1, 0.15) is 20.8 Å². The number of nitrogens with one attached hydrogen (secondary N) is 1. The van der Waals surface area contributed by atoms with Crippen molar-refractivity contribution in [2.45, 2.75) is 33.4 Å². The van der Waals surface area contributed by atoms with Crippen molar-refractivity contribution >= 4 is 11.6 Å². The highest BCUT2D eigenvalue weighted by Crippen LogP contribution is 2.21. The van der Waals surface area contributed by atoms with E-state index in [2.05, 4.69) is 15.5 Å². The molecule has 0 fully saturated rings. The molecule has 1 aromatic heterocycles. The number of nitrogens with zero attached hydrogens (tertiary/aromatic N) is 3. The monoisotopic (exact) mass is 287 g/mol. The smallest absolute Gasteiger partial charge is 0.228 e. The molecule has 21 heavy (non-hydrogen) atoms. The minimum absolute atomic E-state index is 0.0842. The van der Waals surface area contributed by atoms with Crippen LogP contribution in [0.2, 0.25) is 0 Å². The van der Waals surface area contributed by atoms with E-state index < -0.39 is 0 Å². The number of rotatable bonds is 5. The van der Waals surface area contributed by atoms with Crippen LogP contribution in [-0.4, -0.2) is 26.7 Å². The highest BCUT2D eigenvalue weighted by Gasteiger charge is 2.17. The summed E-state index contributed by atoms with van der Waals surface area (Å²) in [5.41, 5.74) is 7.40. The molecule has 0 aliphatic heterocycles. The Labute approximate surface area is 124 Å². The maximum absolute atomic E-state index is 12.1. The van der Waals surface area contributed by atoms with Gasteiger partial charge in [0.05, 0.1) is 5.92 Å². The van der Waals surface area contributed by atoms with E-state index in [-0.39, 0.29) is 17.9 Å². The van der Waals surface area contributed by atoms with E-state index in [4.69, 9.17) is 5.73 Å². The van der Waals surface area contributed by atoms with Gasteiger partial charge in [0.25, 0.3) is 0 Å². The third kappa shape index (κ3) is 3.46. The number of amides is 1. The van der Waals surface area contributed by atoms with Crippen LogP contribution in [0.25, 0.3) is 11.4 Å². The predicted molar refractivity (Wildman–Crippen MR) is 82.6 cm³/mol. The Kier molecular flexibility index (Phi) is 4.70. The number of nitrogens with two attached hydrogens (primary N) is 1. The summed E-state index contributed by atoms with van der Waals surface area (Å²) in [6.07, 6.45) is 1.69. The number of benzene rings is 1. The molecule has 112 valence electrons. The molecule has 0 aliphatic carbocycles. The first kappa shape index (κ1) is 15.2. The van der Waals surface area contributed by atoms with Gasteiger partial charge >= 0.3 is 0 Å². The molecular formula is C15H21N5O. The Bertz CT molecular complexity index is 620. The number of aryl methyl sites for hydroxylation is 1. The van der Waals surface area contributed by atoms with Crippen LogP contribution < -0.4 is 11.1 Å². The van der Waals surface area contributed by atoms with Gasteiger partial charge in [0.1, 0.15) is 6.33 Å². The van der Waals surface area contributed by atoms with Gasteiger partial charge in [-0.1, -0.05) is 19.1 Å². The standard InChI is InChI=1S/C15H21N5O/c1-4-20-9-17-19-14(20)12-6-5-7-13(8-12)18-15(21)10(2)11(3)16/h5-11H,4,16H2,1-3H3,(H,18,21). The van der Waals surface area contributed by atoms with Crippen molar-refractivity contribution in [2.75, 3.05) is 5.32 Å². The maximum Gasteiger partial charge on any atom is 0.228 e. The quantitative estimate of drug-likeness (QED) is 0.879. The second-order valence-electron chi connectivity index (χ2n) is 5.16. The Morgan fingerprint density at radius 3 is 2.86 bits per heavy atom. The fourth-order valence-corrected chi connectivity index (χ4v) is 1.94. The van der Waals surface area contributed by atoms with E-state index >= 15 is 0 Å². The molecule has 0 saturated heterocycles. The summed E-state index contributed by atoms with van der Waals surface area (Å²) in [7, 11) is 0. The first-order valence-corrected chi connectivity index (χ1v) is 7.07. The van der Waals surface area contributed by atoms with E-state index in [0.717, 1.165) is 23.6 Å². The predicted octanol–water partition coefficient (Wildman–Crippen LogP) is 1.89. The van der Waals surface area contributed by atoms with Gasteiger partial charge in [-0.05, 0) is 26.0 Å². The molecule has 2 rings (SSSR count). The highest BCUT2D eigenvalue weighted by molar-refractivity contribution is 5.93. The fourth-order valence-electron chi connectivity index (χ4n) is 1.94. The average Bonchev–Trinajstić information content (AvgIpc) is 2.95. The molecule has 0 saturated carbocycles. The van der Waals surface area contributed by atoms with Crippen LogP contribution >= 0.6 is 0 Å². The Hall–Kier alpha value is -2.21. The second-order valence-corrected chi connectivity index (χ2v) is 5.16. The van der Waals surface area contributed by atoms with Gasteiger partial charge in [-0.2, -0.15) is 0 Å². The van der Waals surface area contributed by atoms with Crippen LogP contribution in [0.3, 0.4) is 0 Å². The van der Waals surface area contributed by atoms with E-state index in [1.165, 1.54) is 0 Å². The summed E-state index contributed by atoms with van der Waals surface area (Å²) >= 11 is 0. The van der Waals surface area contributed by atoms with Crippen LogP contribution in [-0.2, 0) is 11.3 Å². The molecule has 2 aromatic rings. The molecule has 0 bridgehead atoms. The van der Waals surface area contributed by atoms with Crippen LogP contribution in [0.4, 0.5) is 5.69 Å². The van der Waals surface area contributed by atoms with E-state index in [1.807, 2.05) is 49.6 Å². The molecule has 6 heteroatoms. The van der Waals surface area contributed by atoms with Crippen LogP contribution in [0.15, 0.2) is 30.6 Å². The topological polar surface area (TPSA) is 85.8 Å². The lowest BCUT2D eigenvalue weighted by Crippen LogP contribution is -2.34. The van der Waals surface area contributed by atoms with Gasteiger partial charge < -0.3 is 15.6 Å². The minimum Gasteiger partial charge on any atom is -0.327 e. The lowest BCUT2D eigenvalue weighted by molar-refractivity contribution is -0.119. The number of carbonyl (C=O) groups excluding carboxylic acids is 1. The van der Waals surface area contributed by atoms with Crippen molar-refractivity contribution in [3.63, 3.8) is 0 Å². The third-order valence-electron chi connectivity index (χ3n) is 3.55. The minimum atomic E-state index is -0.243. The summed E-state index contributed by atoms with van der Waals surface area (Å²) < 4.78 is 1.95. The average molecular weight is 287 g/mol. The molecule has 1 amide bonds. The molecule has 0 aliphatic rings. The Morgan fingerprint density at radius 2 is 2.19 bits per heavy atom. The Balaban J connectivity index is 2.21. The van der Waals surface area contributed by atoms with Gasteiger partial charge in [0, 0.05) is 23.8 Å². The van der Waals surface area contributed by atoms with Crippen LogP contribution in [0.5, 0.6) is 0 Å². The number of hydrogen-bond acceptors (Lipinski definition) is 4. The number of carbonyl (C=O) groups is 1. The largest absolute Gasteiger partial charge is 0.327 e. The number of aromatic nitrogens is 3. The first-order chi connectivity index (χ1) is 10.0. The summed E-state index contributed by atoms with van der Waals surface area (Å²) in [4.78, 5) is 12.1. The van der Waals surface area contributed by atoms with Gasteiger partial charge in [0.2, 0.25) is 5.91 Å². The molecule has 1 aromatic carbocycles. The normalized spacial score (nSPS) is 13.7. The fraction of sp³-hybridized carbons (Fsp3) is 0.400. The molecule has 1 heterocycles. The number of hydrogen-bond donors (Lipinski definition) is 2. The molecule has 2 unspecified atom stereocenters. The van der Waals surface area contributed by atoms with Crippen molar-refractivity contribution < 1.29 is 4.79 Å². The summed E-state index contributed by atoms with van der Waals surface area (Å²) in [6.45, 7) is 6.46. The second kappa shape index (κ2) is 6.49. The van der Waals surface area contributed by atoms with Crippen molar-refractivity contribution in [2.24, 2.45) is 11.7 Å². The van der Waals surface area contributed by atoms with Crippen molar-refractivity contribution in [1.29, 1.82) is 0 Å². The zero-order valence-electron chi connectivity index (χ0n) is 12.6.